The molecule has 0 unspecified atom stereocenters. The van der Waals surface area contributed by atoms with Gasteiger partial charge in [0, 0.05) is 34.8 Å². The summed E-state index contributed by atoms with van der Waals surface area (Å²) in [5.74, 6) is 0.846. The van der Waals surface area contributed by atoms with Gasteiger partial charge >= 0.3 is 0 Å². The Morgan fingerprint density at radius 1 is 1.00 bits per heavy atom. The maximum Gasteiger partial charge on any atom is 0.255 e. The second-order valence-electron chi connectivity index (χ2n) is 7.08. The Labute approximate surface area is 157 Å². The van der Waals surface area contributed by atoms with Crippen LogP contribution in [0.2, 0.25) is 0 Å². The minimum Gasteiger partial charge on any atom is -0.467 e. The SMILES string of the molecule is Cc1c([C@H]2c3ccccc3C(=O)N2Cc2ccco2)c2ccccc2n1C. The van der Waals surface area contributed by atoms with E-state index < -0.39 is 0 Å². The number of nitrogens with zero attached hydrogens (tertiary/aromatic N) is 2. The van der Waals surface area contributed by atoms with E-state index in [1.54, 1.807) is 6.26 Å². The second-order valence-corrected chi connectivity index (χ2v) is 7.08. The molecule has 0 N–H and O–H groups in total. The molecule has 4 heteroatoms. The first-order valence-electron chi connectivity index (χ1n) is 9.13. The van der Waals surface area contributed by atoms with Crippen LogP contribution in [0, 0.1) is 6.92 Å². The van der Waals surface area contributed by atoms with Crippen LogP contribution in [0.4, 0.5) is 0 Å². The summed E-state index contributed by atoms with van der Waals surface area (Å²) in [5, 5.41) is 1.19. The molecule has 4 nitrogen and oxygen atoms in total. The average Bonchev–Trinajstić information content (AvgIpc) is 3.36. The van der Waals surface area contributed by atoms with Crippen molar-refractivity contribution in [3.05, 3.63) is 95.1 Å². The topological polar surface area (TPSA) is 38.4 Å². The first-order valence-corrected chi connectivity index (χ1v) is 9.13. The van der Waals surface area contributed by atoms with E-state index in [2.05, 4.69) is 48.9 Å². The van der Waals surface area contributed by atoms with Crippen LogP contribution < -0.4 is 0 Å². The molecule has 4 aromatic rings. The molecular formula is C23H20N2O2. The number of para-hydroxylation sites is 1. The van der Waals surface area contributed by atoms with Crippen LogP contribution >= 0.6 is 0 Å². The van der Waals surface area contributed by atoms with Crippen molar-refractivity contribution < 1.29 is 9.21 Å². The number of hydrogen-bond donors (Lipinski definition) is 0. The normalized spacial score (nSPS) is 16.3. The highest BCUT2D eigenvalue weighted by molar-refractivity contribution is 6.01. The maximum absolute atomic E-state index is 13.2. The van der Waals surface area contributed by atoms with E-state index in [9.17, 15) is 4.79 Å². The predicted octanol–water partition coefficient (Wildman–Crippen LogP) is 4.83. The van der Waals surface area contributed by atoms with E-state index in [4.69, 9.17) is 4.42 Å². The Morgan fingerprint density at radius 3 is 2.59 bits per heavy atom. The second kappa shape index (κ2) is 5.88. The number of amides is 1. The average molecular weight is 356 g/mol. The molecular weight excluding hydrogens is 336 g/mol. The van der Waals surface area contributed by atoms with Gasteiger partial charge in [0.1, 0.15) is 5.76 Å². The van der Waals surface area contributed by atoms with Gasteiger partial charge in [-0.05, 0) is 36.8 Å². The Morgan fingerprint density at radius 2 is 1.78 bits per heavy atom. The number of carbonyl (C=O) groups is 1. The van der Waals surface area contributed by atoms with Gasteiger partial charge in [-0.2, -0.15) is 0 Å². The van der Waals surface area contributed by atoms with Crippen molar-refractivity contribution in [3.63, 3.8) is 0 Å². The van der Waals surface area contributed by atoms with Crippen LogP contribution in [0.3, 0.4) is 0 Å². The molecule has 2 aromatic carbocycles. The van der Waals surface area contributed by atoms with Crippen molar-refractivity contribution >= 4 is 16.8 Å². The van der Waals surface area contributed by atoms with E-state index >= 15 is 0 Å². The van der Waals surface area contributed by atoms with Crippen LogP contribution in [0.5, 0.6) is 0 Å². The summed E-state index contributed by atoms with van der Waals surface area (Å²) in [5.41, 5.74) is 5.39. The number of carbonyl (C=O) groups excluding carboxylic acids is 1. The van der Waals surface area contributed by atoms with Gasteiger partial charge in [-0.15, -0.1) is 0 Å². The summed E-state index contributed by atoms with van der Waals surface area (Å²) < 4.78 is 7.76. The van der Waals surface area contributed by atoms with Crippen molar-refractivity contribution in [2.45, 2.75) is 19.5 Å². The molecule has 1 aliphatic heterocycles. The lowest BCUT2D eigenvalue weighted by Gasteiger charge is -2.25. The first-order chi connectivity index (χ1) is 13.2. The zero-order valence-electron chi connectivity index (χ0n) is 15.3. The van der Waals surface area contributed by atoms with E-state index in [-0.39, 0.29) is 11.9 Å². The van der Waals surface area contributed by atoms with Gasteiger partial charge in [0.25, 0.3) is 5.91 Å². The molecule has 1 atom stereocenters. The number of aryl methyl sites for hydroxylation is 1. The maximum atomic E-state index is 13.2. The minimum absolute atomic E-state index is 0.0549. The molecule has 3 heterocycles. The molecule has 2 aromatic heterocycles. The molecule has 0 spiro atoms. The lowest BCUT2D eigenvalue weighted by molar-refractivity contribution is 0.0723. The fourth-order valence-electron chi connectivity index (χ4n) is 4.31. The lowest BCUT2D eigenvalue weighted by atomic mass is 9.95. The number of aromatic nitrogens is 1. The molecule has 0 saturated heterocycles. The molecule has 1 aliphatic rings. The quantitative estimate of drug-likeness (QED) is 0.528. The first kappa shape index (κ1) is 15.9. The number of rotatable bonds is 3. The Hall–Kier alpha value is -3.27. The van der Waals surface area contributed by atoms with Crippen molar-refractivity contribution in [1.82, 2.24) is 9.47 Å². The molecule has 134 valence electrons. The standard InChI is InChI=1S/C23H20N2O2/c1-15-21(19-11-5-6-12-20(19)24(15)2)22-17-9-3-4-10-18(17)23(26)25(22)14-16-8-7-13-27-16/h3-13,22H,14H2,1-2H3/t22-/m1/s1. The zero-order valence-corrected chi connectivity index (χ0v) is 15.3. The van der Waals surface area contributed by atoms with E-state index in [0.717, 1.165) is 16.9 Å². The van der Waals surface area contributed by atoms with Crippen LogP contribution in [-0.2, 0) is 13.6 Å². The fraction of sp³-hybridized carbons (Fsp3) is 0.174. The molecule has 5 rings (SSSR count). The van der Waals surface area contributed by atoms with Crippen molar-refractivity contribution in [2.24, 2.45) is 7.05 Å². The van der Waals surface area contributed by atoms with Gasteiger partial charge in [-0.25, -0.2) is 0 Å². The van der Waals surface area contributed by atoms with Gasteiger partial charge in [-0.1, -0.05) is 36.4 Å². The van der Waals surface area contributed by atoms with Crippen molar-refractivity contribution in [3.8, 4) is 0 Å². The predicted molar refractivity (Wildman–Crippen MR) is 105 cm³/mol. The van der Waals surface area contributed by atoms with E-state index in [1.165, 1.54) is 22.2 Å². The van der Waals surface area contributed by atoms with Gasteiger partial charge in [0.05, 0.1) is 18.8 Å². The molecule has 27 heavy (non-hydrogen) atoms. The molecule has 0 fully saturated rings. The summed E-state index contributed by atoms with van der Waals surface area (Å²) in [7, 11) is 2.08. The summed E-state index contributed by atoms with van der Waals surface area (Å²) in [6.45, 7) is 2.58. The summed E-state index contributed by atoms with van der Waals surface area (Å²) in [6.07, 6.45) is 1.65. The van der Waals surface area contributed by atoms with E-state index in [0.29, 0.717) is 6.54 Å². The molecule has 0 radical (unpaired) electrons. The Balaban J connectivity index is 1.75. The summed E-state index contributed by atoms with van der Waals surface area (Å²) in [6, 6.07) is 20.0. The zero-order chi connectivity index (χ0) is 18.5. The fourth-order valence-corrected chi connectivity index (χ4v) is 4.31. The summed E-state index contributed by atoms with van der Waals surface area (Å²) >= 11 is 0. The number of benzene rings is 2. The Kier molecular flexibility index (Phi) is 3.47. The number of fused-ring (bicyclic) bond motifs is 2. The smallest absolute Gasteiger partial charge is 0.255 e. The van der Waals surface area contributed by atoms with Crippen molar-refractivity contribution in [2.75, 3.05) is 0 Å². The lowest BCUT2D eigenvalue weighted by Crippen LogP contribution is -2.28. The summed E-state index contributed by atoms with van der Waals surface area (Å²) in [4.78, 5) is 15.2. The number of hydrogen-bond acceptors (Lipinski definition) is 2. The van der Waals surface area contributed by atoms with Gasteiger partial charge in [0.15, 0.2) is 0 Å². The number of furan rings is 1. The molecule has 0 saturated carbocycles. The molecule has 0 aliphatic carbocycles. The largest absolute Gasteiger partial charge is 0.467 e. The monoisotopic (exact) mass is 356 g/mol. The third-order valence-electron chi connectivity index (χ3n) is 5.69. The highest BCUT2D eigenvalue weighted by Gasteiger charge is 2.40. The van der Waals surface area contributed by atoms with Crippen molar-refractivity contribution in [1.29, 1.82) is 0 Å². The minimum atomic E-state index is -0.120. The van der Waals surface area contributed by atoms with Crippen LogP contribution in [0.25, 0.3) is 10.9 Å². The van der Waals surface area contributed by atoms with Gasteiger partial charge in [0.2, 0.25) is 0 Å². The Bertz CT molecular complexity index is 1150. The molecule has 1 amide bonds. The highest BCUT2D eigenvalue weighted by atomic mass is 16.3. The highest BCUT2D eigenvalue weighted by Crippen LogP contribution is 2.43. The van der Waals surface area contributed by atoms with Gasteiger partial charge in [-0.3, -0.25) is 4.79 Å². The van der Waals surface area contributed by atoms with Crippen LogP contribution in [0.1, 0.15) is 39.0 Å². The van der Waals surface area contributed by atoms with Gasteiger partial charge < -0.3 is 13.9 Å². The third-order valence-corrected chi connectivity index (χ3v) is 5.69. The van der Waals surface area contributed by atoms with Crippen LogP contribution in [-0.4, -0.2) is 15.4 Å². The molecule has 0 bridgehead atoms. The van der Waals surface area contributed by atoms with E-state index in [1.807, 2.05) is 35.2 Å². The van der Waals surface area contributed by atoms with Crippen LogP contribution in [0.15, 0.2) is 71.3 Å². The third kappa shape index (κ3) is 2.26.